The Kier molecular flexibility index (Phi) is 11.5. The number of ether oxygens (including phenoxy) is 1. The number of hydrogen-bond acceptors (Lipinski definition) is 4. The van der Waals surface area contributed by atoms with E-state index >= 15 is 0 Å². The average molecular weight is 528 g/mol. The van der Waals surface area contributed by atoms with Gasteiger partial charge in [-0.2, -0.15) is 0 Å². The number of halogens is 1. The van der Waals surface area contributed by atoms with Crippen LogP contribution in [0.2, 0.25) is 0 Å². The molecular formula is C21H29IN4O2S. The van der Waals surface area contributed by atoms with Gasteiger partial charge in [-0.05, 0) is 36.1 Å². The summed E-state index contributed by atoms with van der Waals surface area (Å²) in [5, 5.41) is 6.05. The minimum atomic E-state index is -0.103. The van der Waals surface area contributed by atoms with Gasteiger partial charge in [0, 0.05) is 44.2 Å². The third-order valence-corrected chi connectivity index (χ3v) is 4.70. The summed E-state index contributed by atoms with van der Waals surface area (Å²) in [6, 6.07) is 15.9. The summed E-state index contributed by atoms with van der Waals surface area (Å²) in [6.07, 6.45) is 2.07. The van der Waals surface area contributed by atoms with Gasteiger partial charge in [-0.1, -0.05) is 18.2 Å². The van der Waals surface area contributed by atoms with Gasteiger partial charge in [0.25, 0.3) is 0 Å². The molecule has 0 spiro atoms. The third-order valence-electron chi connectivity index (χ3n) is 3.96. The first kappa shape index (κ1) is 25.1. The molecule has 0 aromatic heterocycles. The Labute approximate surface area is 194 Å². The number of carbonyl (C=O) groups is 1. The summed E-state index contributed by atoms with van der Waals surface area (Å²) < 4.78 is 5.76. The lowest BCUT2D eigenvalue weighted by atomic mass is 10.2. The second-order valence-electron chi connectivity index (χ2n) is 6.24. The van der Waals surface area contributed by atoms with E-state index in [0.717, 1.165) is 18.2 Å². The Morgan fingerprint density at radius 3 is 2.55 bits per heavy atom. The zero-order chi connectivity index (χ0) is 20.4. The standard InChI is InChI=1S/C21H28N4O2S.HI/c1-16(26)24-18-6-5-7-19(14-18)27-13-12-23-21(22-2)25(3)15-17-8-10-20(28-4)11-9-17;/h5-11,14H,12-13,15H2,1-4H3,(H,22,23)(H,24,26);1H. The Morgan fingerprint density at radius 2 is 1.93 bits per heavy atom. The lowest BCUT2D eigenvalue weighted by molar-refractivity contribution is -0.114. The minimum Gasteiger partial charge on any atom is -0.492 e. The molecule has 0 bridgehead atoms. The molecule has 2 rings (SSSR count). The summed E-state index contributed by atoms with van der Waals surface area (Å²) in [7, 11) is 3.78. The SMILES string of the molecule is CN=C(NCCOc1cccc(NC(C)=O)c1)N(C)Cc1ccc(SC)cc1.I. The molecule has 0 aliphatic heterocycles. The molecule has 158 valence electrons. The number of benzene rings is 2. The van der Waals surface area contributed by atoms with Crippen LogP contribution in [-0.2, 0) is 11.3 Å². The molecule has 0 aliphatic rings. The van der Waals surface area contributed by atoms with Gasteiger partial charge < -0.3 is 20.3 Å². The number of anilines is 1. The molecule has 0 aliphatic carbocycles. The van der Waals surface area contributed by atoms with Crippen LogP contribution in [-0.4, -0.2) is 50.3 Å². The van der Waals surface area contributed by atoms with E-state index < -0.39 is 0 Å². The van der Waals surface area contributed by atoms with Gasteiger partial charge in [0.15, 0.2) is 5.96 Å². The van der Waals surface area contributed by atoms with E-state index in [2.05, 4.69) is 51.0 Å². The minimum absolute atomic E-state index is 0. The molecule has 2 aromatic rings. The maximum absolute atomic E-state index is 11.1. The van der Waals surface area contributed by atoms with Crippen molar-refractivity contribution in [3.05, 3.63) is 54.1 Å². The molecule has 0 atom stereocenters. The second-order valence-corrected chi connectivity index (χ2v) is 7.12. The van der Waals surface area contributed by atoms with Crippen molar-refractivity contribution in [3.63, 3.8) is 0 Å². The van der Waals surface area contributed by atoms with E-state index in [1.54, 1.807) is 24.9 Å². The molecule has 0 fully saturated rings. The lowest BCUT2D eigenvalue weighted by Gasteiger charge is -2.22. The fourth-order valence-electron chi connectivity index (χ4n) is 2.66. The second kappa shape index (κ2) is 13.3. The number of nitrogens with zero attached hydrogens (tertiary/aromatic N) is 2. The van der Waals surface area contributed by atoms with Gasteiger partial charge in [0.05, 0.1) is 6.54 Å². The van der Waals surface area contributed by atoms with Crippen molar-refractivity contribution in [2.45, 2.75) is 18.4 Å². The Balaban J connectivity index is 0.00000420. The van der Waals surface area contributed by atoms with Gasteiger partial charge in [0.1, 0.15) is 12.4 Å². The van der Waals surface area contributed by atoms with Crippen LogP contribution in [0.1, 0.15) is 12.5 Å². The number of rotatable bonds is 8. The topological polar surface area (TPSA) is 66.0 Å². The average Bonchev–Trinajstić information content (AvgIpc) is 2.68. The van der Waals surface area contributed by atoms with Crippen LogP contribution >= 0.6 is 35.7 Å². The highest BCUT2D eigenvalue weighted by Gasteiger charge is 2.07. The van der Waals surface area contributed by atoms with Gasteiger partial charge >= 0.3 is 0 Å². The Bertz CT molecular complexity index is 800. The highest BCUT2D eigenvalue weighted by atomic mass is 127. The van der Waals surface area contributed by atoms with Gasteiger partial charge in [-0.15, -0.1) is 35.7 Å². The maximum atomic E-state index is 11.1. The van der Waals surface area contributed by atoms with Gasteiger partial charge in [0.2, 0.25) is 5.91 Å². The first-order valence-corrected chi connectivity index (χ1v) is 10.3. The van der Waals surface area contributed by atoms with E-state index in [0.29, 0.717) is 18.9 Å². The molecule has 2 aromatic carbocycles. The highest BCUT2D eigenvalue weighted by molar-refractivity contribution is 14.0. The van der Waals surface area contributed by atoms with Crippen molar-refractivity contribution in [3.8, 4) is 5.75 Å². The molecule has 0 saturated heterocycles. The molecule has 0 heterocycles. The van der Waals surface area contributed by atoms with Crippen LogP contribution in [0.15, 0.2) is 58.4 Å². The van der Waals surface area contributed by atoms with Crippen molar-refractivity contribution in [1.82, 2.24) is 10.2 Å². The van der Waals surface area contributed by atoms with E-state index in [1.807, 2.05) is 25.2 Å². The number of guanidine groups is 1. The smallest absolute Gasteiger partial charge is 0.221 e. The predicted octanol–water partition coefficient (Wildman–Crippen LogP) is 4.07. The maximum Gasteiger partial charge on any atom is 0.221 e. The largest absolute Gasteiger partial charge is 0.492 e. The normalized spacial score (nSPS) is 10.7. The summed E-state index contributed by atoms with van der Waals surface area (Å²) in [6.45, 7) is 3.36. The predicted molar refractivity (Wildman–Crippen MR) is 133 cm³/mol. The summed E-state index contributed by atoms with van der Waals surface area (Å²) >= 11 is 1.74. The van der Waals surface area contributed by atoms with Crippen LogP contribution in [0.4, 0.5) is 5.69 Å². The molecule has 29 heavy (non-hydrogen) atoms. The van der Waals surface area contributed by atoms with Crippen molar-refractivity contribution in [2.75, 3.05) is 38.8 Å². The quantitative estimate of drug-likeness (QED) is 0.178. The van der Waals surface area contributed by atoms with Gasteiger partial charge in [-0.25, -0.2) is 0 Å². The van der Waals surface area contributed by atoms with Crippen LogP contribution in [0.5, 0.6) is 5.75 Å². The number of aliphatic imine (C=N–C) groups is 1. The summed E-state index contributed by atoms with van der Waals surface area (Å²) in [5.41, 5.74) is 1.95. The number of amides is 1. The lowest BCUT2D eigenvalue weighted by Crippen LogP contribution is -2.40. The van der Waals surface area contributed by atoms with Crippen molar-refractivity contribution >= 4 is 53.3 Å². The number of hydrogen-bond donors (Lipinski definition) is 2. The van der Waals surface area contributed by atoms with Crippen LogP contribution in [0, 0.1) is 0 Å². The molecule has 1 amide bonds. The zero-order valence-corrected chi connectivity index (χ0v) is 20.4. The van der Waals surface area contributed by atoms with Gasteiger partial charge in [-0.3, -0.25) is 9.79 Å². The number of thioether (sulfide) groups is 1. The van der Waals surface area contributed by atoms with Crippen molar-refractivity contribution in [1.29, 1.82) is 0 Å². The summed E-state index contributed by atoms with van der Waals surface area (Å²) in [5.74, 6) is 1.42. The Hall–Kier alpha value is -1.94. The number of nitrogens with one attached hydrogen (secondary N) is 2. The van der Waals surface area contributed by atoms with Crippen LogP contribution in [0.3, 0.4) is 0 Å². The van der Waals surface area contributed by atoms with E-state index in [1.165, 1.54) is 17.4 Å². The van der Waals surface area contributed by atoms with E-state index in [-0.39, 0.29) is 29.9 Å². The third kappa shape index (κ3) is 8.95. The monoisotopic (exact) mass is 528 g/mol. The molecule has 8 heteroatoms. The molecular weight excluding hydrogens is 499 g/mol. The first-order chi connectivity index (χ1) is 13.5. The highest BCUT2D eigenvalue weighted by Crippen LogP contribution is 2.17. The molecule has 0 unspecified atom stereocenters. The summed E-state index contributed by atoms with van der Waals surface area (Å²) in [4.78, 5) is 18.8. The van der Waals surface area contributed by atoms with Crippen molar-refractivity contribution < 1.29 is 9.53 Å². The van der Waals surface area contributed by atoms with Crippen LogP contribution in [0.25, 0.3) is 0 Å². The van der Waals surface area contributed by atoms with Crippen LogP contribution < -0.4 is 15.4 Å². The molecule has 0 saturated carbocycles. The first-order valence-electron chi connectivity index (χ1n) is 9.07. The molecule has 0 radical (unpaired) electrons. The Morgan fingerprint density at radius 1 is 1.21 bits per heavy atom. The number of carbonyl (C=O) groups excluding carboxylic acids is 1. The molecule has 6 nitrogen and oxygen atoms in total. The van der Waals surface area contributed by atoms with E-state index in [9.17, 15) is 4.79 Å². The van der Waals surface area contributed by atoms with Crippen molar-refractivity contribution in [2.24, 2.45) is 4.99 Å². The zero-order valence-electron chi connectivity index (χ0n) is 17.3. The molecule has 2 N–H and O–H groups in total. The fourth-order valence-corrected chi connectivity index (χ4v) is 3.07. The fraction of sp³-hybridized carbons (Fsp3) is 0.333. The van der Waals surface area contributed by atoms with E-state index in [4.69, 9.17) is 4.74 Å².